The molecule has 0 saturated heterocycles. The summed E-state index contributed by atoms with van der Waals surface area (Å²) in [6, 6.07) is 10.6. The minimum atomic E-state index is -1.17. The molecule has 6 rings (SSSR count). The van der Waals surface area contributed by atoms with Crippen LogP contribution in [0.15, 0.2) is 41.5 Å². The van der Waals surface area contributed by atoms with Gasteiger partial charge in [0, 0.05) is 43.4 Å². The van der Waals surface area contributed by atoms with Crippen molar-refractivity contribution in [3.63, 3.8) is 0 Å². The molecule has 4 fully saturated rings. The molecule has 57 heavy (non-hydrogen) atoms. The maximum absolute atomic E-state index is 14.3. The van der Waals surface area contributed by atoms with E-state index < -0.39 is 28.9 Å². The van der Waals surface area contributed by atoms with Crippen molar-refractivity contribution < 1.29 is 29.3 Å². The van der Waals surface area contributed by atoms with Crippen molar-refractivity contribution in [3.8, 4) is 0 Å². The van der Waals surface area contributed by atoms with Crippen molar-refractivity contribution in [1.82, 2.24) is 9.80 Å². The summed E-state index contributed by atoms with van der Waals surface area (Å²) in [5, 5.41) is 22.3. The first-order valence-electron chi connectivity index (χ1n) is 22.3. The van der Waals surface area contributed by atoms with Gasteiger partial charge in [-0.1, -0.05) is 84.4 Å². The molecule has 5 aliphatic rings. The summed E-state index contributed by atoms with van der Waals surface area (Å²) in [5.41, 5.74) is 1.82. The van der Waals surface area contributed by atoms with Gasteiger partial charge in [0.15, 0.2) is 5.78 Å². The van der Waals surface area contributed by atoms with Gasteiger partial charge < -0.3 is 19.8 Å². The van der Waals surface area contributed by atoms with E-state index in [-0.39, 0.29) is 51.8 Å². The van der Waals surface area contributed by atoms with E-state index in [1.807, 2.05) is 0 Å². The number of hydrogen-bond donors (Lipinski definition) is 2. The summed E-state index contributed by atoms with van der Waals surface area (Å²) in [7, 11) is 4.21. The Morgan fingerprint density at radius 1 is 0.877 bits per heavy atom. The maximum Gasteiger partial charge on any atom is 0.309 e. The number of benzene rings is 1. The topological polar surface area (TPSA) is 107 Å². The molecule has 0 unspecified atom stereocenters. The number of nitrogens with zero attached hydrogens (tertiary/aromatic N) is 2. The van der Waals surface area contributed by atoms with Crippen molar-refractivity contribution in [2.45, 2.75) is 145 Å². The maximum atomic E-state index is 14.3. The summed E-state index contributed by atoms with van der Waals surface area (Å²) in [5.74, 6) is 0.0937. The number of allylic oxidation sites excluding steroid dienone is 1. The average Bonchev–Trinajstić information content (AvgIpc) is 3.44. The first-order chi connectivity index (χ1) is 26.5. The van der Waals surface area contributed by atoms with E-state index in [1.54, 1.807) is 13.8 Å². The second kappa shape index (κ2) is 15.8. The highest BCUT2D eigenvalue weighted by molar-refractivity contribution is 6.00. The van der Waals surface area contributed by atoms with E-state index in [1.165, 1.54) is 11.1 Å². The molecule has 5 aliphatic carbocycles. The number of ketones is 1. The fourth-order valence-electron chi connectivity index (χ4n) is 13.9. The van der Waals surface area contributed by atoms with Crippen LogP contribution in [0, 0.1) is 56.2 Å². The van der Waals surface area contributed by atoms with E-state index in [0.29, 0.717) is 24.8 Å². The quantitative estimate of drug-likeness (QED) is 0.180. The van der Waals surface area contributed by atoms with Crippen LogP contribution >= 0.6 is 0 Å². The minimum Gasteiger partial charge on any atom is -0.481 e. The zero-order valence-corrected chi connectivity index (χ0v) is 37.4. The first kappa shape index (κ1) is 44.0. The SMILES string of the molecule is CC(C)C1=C2[C@H]3CC[C@@H]4[C@@]5(C)CC[C@@H](OC(=O)CC(C)(C)C(=O)O)C(C)(C)[C@@H]5CC[C@@]4(C)[C@]3(C)CC[C@@]2([C@@H](O)CN(CCc2ccccc2)CCN(C)C)CC1=O. The molecule has 0 heterocycles. The Bertz CT molecular complexity index is 1700. The van der Waals surface area contributed by atoms with Gasteiger partial charge in [-0.2, -0.15) is 0 Å². The average molecular weight is 789 g/mol. The molecule has 1 aromatic carbocycles. The molecule has 8 heteroatoms. The number of aliphatic hydroxyl groups excluding tert-OH is 1. The molecular weight excluding hydrogens is 713 g/mol. The molecule has 9 atom stereocenters. The highest BCUT2D eigenvalue weighted by Crippen LogP contribution is 2.77. The molecule has 2 N–H and O–H groups in total. The first-order valence-corrected chi connectivity index (χ1v) is 22.3. The summed E-state index contributed by atoms with van der Waals surface area (Å²) < 4.78 is 6.20. The van der Waals surface area contributed by atoms with Gasteiger partial charge in [0.2, 0.25) is 0 Å². The Balaban J connectivity index is 1.27. The summed E-state index contributed by atoms with van der Waals surface area (Å²) in [6.07, 6.45) is 8.26. The van der Waals surface area contributed by atoms with Gasteiger partial charge in [0.25, 0.3) is 0 Å². The standard InChI is InChI=1S/C49H76N2O6/c1-32(2)41-35(52)29-49(38(53)31-51(28-27-50(10)11)26-21-33-15-13-12-14-16-33)25-24-47(8)34(42(41)49)17-18-37-46(7)22-20-39(57-40(54)30-44(3,4)43(55)56)45(5,6)36(46)19-23-48(37,47)9/h12-16,32,34,36-39,53H,17-31H2,1-11H3,(H,55,56)/t34-,36+,37-,38+,39-,46+,47-,48-,49+/m1/s1. The number of esters is 1. The second-order valence-corrected chi connectivity index (χ2v) is 21.9. The van der Waals surface area contributed by atoms with Crippen LogP contribution in [0.5, 0.6) is 0 Å². The third-order valence-corrected chi connectivity index (χ3v) is 17.4. The van der Waals surface area contributed by atoms with Gasteiger partial charge in [-0.25, -0.2) is 0 Å². The van der Waals surface area contributed by atoms with E-state index in [2.05, 4.69) is 103 Å². The molecular formula is C49H76N2O6. The number of aliphatic hydroxyl groups is 1. The number of ether oxygens (including phenoxy) is 1. The van der Waals surface area contributed by atoms with E-state index in [0.717, 1.165) is 83.0 Å². The number of rotatable bonds is 14. The number of carbonyl (C=O) groups is 3. The van der Waals surface area contributed by atoms with Crippen molar-refractivity contribution >= 4 is 17.7 Å². The predicted molar refractivity (Wildman–Crippen MR) is 226 cm³/mol. The molecule has 318 valence electrons. The third-order valence-electron chi connectivity index (χ3n) is 17.4. The summed E-state index contributed by atoms with van der Waals surface area (Å²) in [4.78, 5) is 43.9. The van der Waals surface area contributed by atoms with Crippen LogP contribution in [0.25, 0.3) is 0 Å². The van der Waals surface area contributed by atoms with E-state index >= 15 is 0 Å². The van der Waals surface area contributed by atoms with Crippen LogP contribution < -0.4 is 0 Å². The monoisotopic (exact) mass is 789 g/mol. The lowest BCUT2D eigenvalue weighted by Gasteiger charge is -2.72. The zero-order valence-electron chi connectivity index (χ0n) is 37.4. The van der Waals surface area contributed by atoms with Crippen LogP contribution in [-0.2, 0) is 25.5 Å². The van der Waals surface area contributed by atoms with Crippen molar-refractivity contribution in [2.75, 3.05) is 40.3 Å². The smallest absolute Gasteiger partial charge is 0.309 e. The molecule has 0 aliphatic heterocycles. The Morgan fingerprint density at radius 3 is 2.19 bits per heavy atom. The van der Waals surface area contributed by atoms with Crippen LogP contribution in [0.2, 0.25) is 0 Å². The van der Waals surface area contributed by atoms with Gasteiger partial charge in [-0.05, 0) is 137 Å². The molecule has 4 saturated carbocycles. The largest absolute Gasteiger partial charge is 0.481 e. The van der Waals surface area contributed by atoms with Gasteiger partial charge in [0.1, 0.15) is 6.10 Å². The summed E-state index contributed by atoms with van der Waals surface area (Å²) in [6.45, 7) is 23.0. The number of aliphatic carboxylic acids is 1. The summed E-state index contributed by atoms with van der Waals surface area (Å²) >= 11 is 0. The fraction of sp³-hybridized carbons (Fsp3) is 0.776. The van der Waals surface area contributed by atoms with Gasteiger partial charge in [0.05, 0.1) is 17.9 Å². The number of hydrogen-bond acceptors (Lipinski definition) is 7. The Hall–Kier alpha value is -2.55. The number of carboxylic acid groups (broad SMARTS) is 1. The van der Waals surface area contributed by atoms with Crippen molar-refractivity contribution in [1.29, 1.82) is 0 Å². The number of likely N-dealkylation sites (N-methyl/N-ethyl adjacent to an activating group) is 1. The Morgan fingerprint density at radius 2 is 1.56 bits per heavy atom. The highest BCUT2D eigenvalue weighted by Gasteiger charge is 2.71. The second-order valence-electron chi connectivity index (χ2n) is 21.9. The molecule has 1 aromatic rings. The van der Waals surface area contributed by atoms with E-state index in [4.69, 9.17) is 4.74 Å². The molecule has 0 spiro atoms. The number of fused-ring (bicyclic) bond motifs is 7. The third kappa shape index (κ3) is 7.60. The lowest BCUT2D eigenvalue weighted by atomic mass is 9.33. The molecule has 0 radical (unpaired) electrons. The molecule has 8 nitrogen and oxygen atoms in total. The molecule has 0 amide bonds. The molecule has 0 bridgehead atoms. The fourth-order valence-corrected chi connectivity index (χ4v) is 13.9. The Kier molecular flexibility index (Phi) is 12.2. The van der Waals surface area contributed by atoms with Gasteiger partial charge in [-0.15, -0.1) is 0 Å². The number of carbonyl (C=O) groups excluding carboxylic acids is 2. The van der Waals surface area contributed by atoms with Crippen LogP contribution in [-0.4, -0.2) is 90.2 Å². The van der Waals surface area contributed by atoms with E-state index in [9.17, 15) is 24.6 Å². The Labute approximate surface area is 344 Å². The highest BCUT2D eigenvalue weighted by atomic mass is 16.5. The van der Waals surface area contributed by atoms with Crippen LogP contribution in [0.4, 0.5) is 0 Å². The lowest BCUT2D eigenvalue weighted by molar-refractivity contribution is -0.235. The van der Waals surface area contributed by atoms with Crippen LogP contribution in [0.3, 0.4) is 0 Å². The van der Waals surface area contributed by atoms with Crippen molar-refractivity contribution in [2.24, 2.45) is 56.2 Å². The number of carboxylic acids is 1. The normalized spacial score (nSPS) is 35.5. The predicted octanol–water partition coefficient (Wildman–Crippen LogP) is 8.85. The van der Waals surface area contributed by atoms with Gasteiger partial charge in [-0.3, -0.25) is 19.3 Å². The number of Topliss-reactive ketones (excluding diaryl/α,β-unsaturated/α-hetero) is 1. The zero-order chi connectivity index (χ0) is 41.9. The molecule has 0 aromatic heterocycles. The van der Waals surface area contributed by atoms with Gasteiger partial charge >= 0.3 is 11.9 Å². The lowest BCUT2D eigenvalue weighted by Crippen LogP contribution is -2.66. The minimum absolute atomic E-state index is 0.0129. The van der Waals surface area contributed by atoms with Crippen LogP contribution in [0.1, 0.15) is 132 Å². The van der Waals surface area contributed by atoms with Crippen molar-refractivity contribution in [3.05, 3.63) is 47.0 Å².